The number of hydrogen-bond acceptors (Lipinski definition) is 5. The summed E-state index contributed by atoms with van der Waals surface area (Å²) in [6, 6.07) is 4.54. The minimum Gasteiger partial charge on any atom is -0.478 e. The molecule has 1 saturated heterocycles. The van der Waals surface area contributed by atoms with E-state index in [0.29, 0.717) is 24.2 Å². The van der Waals surface area contributed by atoms with Crippen molar-refractivity contribution >= 4 is 27.2 Å². The Balaban J connectivity index is 2.06. The van der Waals surface area contributed by atoms with Crippen molar-refractivity contribution in [2.75, 3.05) is 22.6 Å². The van der Waals surface area contributed by atoms with Crippen molar-refractivity contribution in [2.24, 2.45) is 0 Å². The van der Waals surface area contributed by atoms with Crippen LogP contribution in [0, 0.1) is 0 Å². The molecule has 0 unspecified atom stereocenters. The van der Waals surface area contributed by atoms with Crippen molar-refractivity contribution in [1.29, 1.82) is 0 Å². The molecular formula is C12H16N2O4S. The first-order valence-electron chi connectivity index (χ1n) is 5.97. The molecule has 19 heavy (non-hydrogen) atoms. The molecule has 0 atom stereocenters. The van der Waals surface area contributed by atoms with E-state index in [1.54, 1.807) is 6.07 Å². The summed E-state index contributed by atoms with van der Waals surface area (Å²) in [5.41, 5.74) is 6.92. The smallest absolute Gasteiger partial charge is 0.335 e. The number of anilines is 2. The maximum Gasteiger partial charge on any atom is 0.335 e. The zero-order valence-electron chi connectivity index (χ0n) is 10.3. The number of carboxylic acid groups (broad SMARTS) is 1. The first kappa shape index (κ1) is 13.7. The van der Waals surface area contributed by atoms with Crippen LogP contribution in [0.5, 0.6) is 0 Å². The third kappa shape index (κ3) is 3.37. The van der Waals surface area contributed by atoms with Crippen LogP contribution in [0.3, 0.4) is 0 Å². The van der Waals surface area contributed by atoms with Crippen LogP contribution in [0.25, 0.3) is 0 Å². The average molecular weight is 284 g/mol. The van der Waals surface area contributed by atoms with E-state index in [1.807, 2.05) is 0 Å². The molecule has 7 heteroatoms. The number of nitrogens with one attached hydrogen (secondary N) is 1. The molecular weight excluding hydrogens is 268 g/mol. The molecule has 1 fully saturated rings. The van der Waals surface area contributed by atoms with E-state index in [2.05, 4.69) is 5.32 Å². The molecule has 1 aliphatic rings. The summed E-state index contributed by atoms with van der Waals surface area (Å²) in [6.07, 6.45) is 1.09. The van der Waals surface area contributed by atoms with Gasteiger partial charge < -0.3 is 16.2 Å². The van der Waals surface area contributed by atoms with Crippen LogP contribution < -0.4 is 11.1 Å². The Bertz CT molecular complexity index is 584. The lowest BCUT2D eigenvalue weighted by Crippen LogP contribution is -2.32. The standard InChI is InChI=1S/C12H16N2O4S/c13-10-7-8(12(15)16)1-2-11(10)14-9-3-5-19(17,18)6-4-9/h1-2,7,9,14H,3-6,13H2,(H,15,16). The summed E-state index contributed by atoms with van der Waals surface area (Å²) in [5, 5.41) is 12.0. The highest BCUT2D eigenvalue weighted by Gasteiger charge is 2.23. The number of rotatable bonds is 3. The number of hydrogen-bond donors (Lipinski definition) is 3. The Morgan fingerprint density at radius 3 is 2.47 bits per heavy atom. The second kappa shape index (κ2) is 5.08. The van der Waals surface area contributed by atoms with Gasteiger partial charge in [-0.1, -0.05) is 0 Å². The Labute approximate surface area is 111 Å². The van der Waals surface area contributed by atoms with Crippen LogP contribution in [0.2, 0.25) is 0 Å². The molecule has 1 aromatic carbocycles. The minimum atomic E-state index is -2.88. The Hall–Kier alpha value is -1.76. The largest absolute Gasteiger partial charge is 0.478 e. The second-order valence-corrected chi connectivity index (χ2v) is 6.98. The van der Waals surface area contributed by atoms with E-state index in [9.17, 15) is 13.2 Å². The molecule has 0 bridgehead atoms. The molecule has 2 rings (SSSR count). The van der Waals surface area contributed by atoms with Gasteiger partial charge in [-0.3, -0.25) is 0 Å². The Kier molecular flexibility index (Phi) is 3.66. The Morgan fingerprint density at radius 1 is 1.32 bits per heavy atom. The zero-order valence-corrected chi connectivity index (χ0v) is 11.1. The van der Waals surface area contributed by atoms with Crippen LogP contribution >= 0.6 is 0 Å². The number of benzene rings is 1. The average Bonchev–Trinajstić information content (AvgIpc) is 2.34. The normalized spacial score (nSPS) is 18.9. The fourth-order valence-corrected chi connectivity index (χ4v) is 3.57. The fraction of sp³-hybridized carbons (Fsp3) is 0.417. The molecule has 0 amide bonds. The minimum absolute atomic E-state index is 0.0569. The maximum atomic E-state index is 11.3. The lowest BCUT2D eigenvalue weighted by Gasteiger charge is -2.24. The van der Waals surface area contributed by atoms with Crippen molar-refractivity contribution in [1.82, 2.24) is 0 Å². The van der Waals surface area contributed by atoms with Gasteiger partial charge >= 0.3 is 5.97 Å². The van der Waals surface area contributed by atoms with Gasteiger partial charge in [0.15, 0.2) is 0 Å². The highest BCUT2D eigenvalue weighted by Crippen LogP contribution is 2.24. The van der Waals surface area contributed by atoms with Gasteiger partial charge in [0.25, 0.3) is 0 Å². The van der Waals surface area contributed by atoms with E-state index in [0.717, 1.165) is 0 Å². The van der Waals surface area contributed by atoms with E-state index >= 15 is 0 Å². The maximum absolute atomic E-state index is 11.3. The van der Waals surface area contributed by atoms with Crippen LogP contribution in [-0.4, -0.2) is 37.0 Å². The predicted octanol–water partition coefficient (Wildman–Crippen LogP) is 0.956. The highest BCUT2D eigenvalue weighted by atomic mass is 32.2. The van der Waals surface area contributed by atoms with Gasteiger partial charge in [-0.15, -0.1) is 0 Å². The number of carboxylic acids is 1. The molecule has 0 aliphatic carbocycles. The highest BCUT2D eigenvalue weighted by molar-refractivity contribution is 7.91. The lowest BCUT2D eigenvalue weighted by molar-refractivity contribution is 0.0697. The first-order valence-corrected chi connectivity index (χ1v) is 7.79. The van der Waals surface area contributed by atoms with Crippen LogP contribution in [0.1, 0.15) is 23.2 Å². The molecule has 0 spiro atoms. The summed E-state index contributed by atoms with van der Waals surface area (Å²) >= 11 is 0. The summed E-state index contributed by atoms with van der Waals surface area (Å²) in [5.74, 6) is -0.669. The SMILES string of the molecule is Nc1cc(C(=O)O)ccc1NC1CCS(=O)(=O)CC1. The lowest BCUT2D eigenvalue weighted by atomic mass is 10.1. The number of carbonyl (C=O) groups is 1. The van der Waals surface area contributed by atoms with Crippen LogP contribution in [-0.2, 0) is 9.84 Å². The predicted molar refractivity (Wildman–Crippen MR) is 73.1 cm³/mol. The Morgan fingerprint density at radius 2 is 1.95 bits per heavy atom. The van der Waals surface area contributed by atoms with Crippen molar-refractivity contribution in [3.05, 3.63) is 23.8 Å². The first-order chi connectivity index (χ1) is 8.87. The molecule has 6 nitrogen and oxygen atoms in total. The summed E-state index contributed by atoms with van der Waals surface area (Å²) in [4.78, 5) is 10.8. The molecule has 104 valence electrons. The van der Waals surface area contributed by atoms with Crippen molar-refractivity contribution in [3.63, 3.8) is 0 Å². The van der Waals surface area contributed by atoms with Gasteiger partial charge in [-0.25, -0.2) is 13.2 Å². The zero-order chi connectivity index (χ0) is 14.0. The van der Waals surface area contributed by atoms with Gasteiger partial charge in [0, 0.05) is 6.04 Å². The van der Waals surface area contributed by atoms with Gasteiger partial charge in [0.05, 0.1) is 28.4 Å². The third-order valence-corrected chi connectivity index (χ3v) is 4.93. The molecule has 4 N–H and O–H groups in total. The van der Waals surface area contributed by atoms with Gasteiger partial charge in [0.1, 0.15) is 9.84 Å². The molecule has 0 saturated carbocycles. The topological polar surface area (TPSA) is 109 Å². The molecule has 1 aliphatic heterocycles. The van der Waals surface area contributed by atoms with Crippen molar-refractivity contribution < 1.29 is 18.3 Å². The molecule has 1 aromatic rings. The van der Waals surface area contributed by atoms with Gasteiger partial charge in [0.2, 0.25) is 0 Å². The van der Waals surface area contributed by atoms with Gasteiger partial charge in [-0.2, -0.15) is 0 Å². The molecule has 0 radical (unpaired) electrons. The number of nitrogens with two attached hydrogens (primary N) is 1. The van der Waals surface area contributed by atoms with Crippen LogP contribution in [0.15, 0.2) is 18.2 Å². The quantitative estimate of drug-likeness (QED) is 0.713. The van der Waals surface area contributed by atoms with Crippen molar-refractivity contribution in [3.8, 4) is 0 Å². The summed E-state index contributed by atoms with van der Waals surface area (Å²) in [6.45, 7) is 0. The van der Waals surface area contributed by atoms with Crippen molar-refractivity contribution in [2.45, 2.75) is 18.9 Å². The third-order valence-electron chi connectivity index (χ3n) is 3.21. The van der Waals surface area contributed by atoms with Crippen LogP contribution in [0.4, 0.5) is 11.4 Å². The number of sulfone groups is 1. The number of nitrogen functional groups attached to an aromatic ring is 1. The second-order valence-electron chi connectivity index (χ2n) is 4.68. The van der Waals surface area contributed by atoms with E-state index in [4.69, 9.17) is 10.8 Å². The van der Waals surface area contributed by atoms with Gasteiger partial charge in [-0.05, 0) is 31.0 Å². The fourth-order valence-electron chi connectivity index (χ4n) is 2.08. The van der Waals surface area contributed by atoms with E-state index in [-0.39, 0.29) is 23.1 Å². The molecule has 0 aromatic heterocycles. The van der Waals surface area contributed by atoms with E-state index < -0.39 is 15.8 Å². The molecule has 1 heterocycles. The monoisotopic (exact) mass is 284 g/mol. The van der Waals surface area contributed by atoms with E-state index in [1.165, 1.54) is 12.1 Å². The number of aromatic carboxylic acids is 1. The summed E-state index contributed by atoms with van der Waals surface area (Å²) < 4.78 is 22.6. The summed E-state index contributed by atoms with van der Waals surface area (Å²) in [7, 11) is -2.88.